The maximum atomic E-state index is 5.92. The van der Waals surface area contributed by atoms with E-state index in [4.69, 9.17) is 34.8 Å². The zero-order valence-electron chi connectivity index (χ0n) is 17.9. The minimum Gasteiger partial charge on any atom is -0.256 e. The van der Waals surface area contributed by atoms with Crippen LogP contribution in [0, 0.1) is 0 Å². The Balaban J connectivity index is 0.000000141. The monoisotopic (exact) mass is 558 g/mol. The molecule has 3 aromatic heterocycles. The summed E-state index contributed by atoms with van der Waals surface area (Å²) < 4.78 is 0. The Kier molecular flexibility index (Phi) is 9.75. The van der Waals surface area contributed by atoms with Crippen molar-refractivity contribution in [2.45, 2.75) is 0 Å². The third kappa shape index (κ3) is 6.50. The molecule has 6 rings (SSSR count). The average molecular weight is 561 g/mol. The van der Waals surface area contributed by atoms with Gasteiger partial charge in [0.2, 0.25) is 0 Å². The van der Waals surface area contributed by atoms with Gasteiger partial charge in [0.15, 0.2) is 0 Å². The number of benzene rings is 3. The van der Waals surface area contributed by atoms with Gasteiger partial charge < -0.3 is 0 Å². The van der Waals surface area contributed by atoms with Crippen molar-refractivity contribution >= 4 is 87.3 Å². The molecule has 0 saturated heterocycles. The van der Waals surface area contributed by atoms with Crippen LogP contribution in [-0.2, 0) is 0 Å². The third-order valence-corrected chi connectivity index (χ3v) is 5.77. The third-order valence-electron chi connectivity index (χ3n) is 4.78. The molecule has 0 aliphatic heterocycles. The van der Waals surface area contributed by atoms with Gasteiger partial charge in [0.05, 0.1) is 16.6 Å². The van der Waals surface area contributed by atoms with Crippen molar-refractivity contribution in [2.24, 2.45) is 0 Å². The molecule has 3 aromatic carbocycles. The summed E-state index contributed by atoms with van der Waals surface area (Å²) in [6.07, 6.45) is 5.29. The fourth-order valence-corrected chi connectivity index (χ4v) is 3.90. The van der Waals surface area contributed by atoms with Crippen LogP contribution in [0.2, 0.25) is 15.1 Å². The Morgan fingerprint density at radius 1 is 0.382 bits per heavy atom. The normalized spacial score (nSPS) is 9.97. The quantitative estimate of drug-likeness (QED) is 0.176. The molecule has 6 aromatic rings. The number of aromatic nitrogens is 3. The molecule has 0 unspecified atom stereocenters. The van der Waals surface area contributed by atoms with Crippen LogP contribution in [0.15, 0.2) is 110 Å². The number of nitrogens with zero attached hydrogens (tertiary/aromatic N) is 3. The molecule has 0 saturated carbocycles. The minimum absolute atomic E-state index is 0. The summed E-state index contributed by atoms with van der Waals surface area (Å²) in [4.78, 5) is 12.5. The Labute approximate surface area is 225 Å². The largest absolute Gasteiger partial charge is 3.00 e. The summed E-state index contributed by atoms with van der Waals surface area (Å²) >= 11 is 17.8. The van der Waals surface area contributed by atoms with Crippen LogP contribution in [0.1, 0.15) is 0 Å². The topological polar surface area (TPSA) is 38.7 Å². The predicted molar refractivity (Wildman–Crippen MR) is 146 cm³/mol. The minimum atomic E-state index is 0. The molecule has 0 aliphatic carbocycles. The van der Waals surface area contributed by atoms with E-state index < -0.39 is 0 Å². The molecule has 0 bridgehead atoms. The fraction of sp³-hybridized carbons (Fsp3) is 0. The van der Waals surface area contributed by atoms with Crippen molar-refractivity contribution in [3.63, 3.8) is 0 Å². The van der Waals surface area contributed by atoms with E-state index in [0.29, 0.717) is 0 Å². The maximum Gasteiger partial charge on any atom is 3.00 e. The van der Waals surface area contributed by atoms with Gasteiger partial charge in [0, 0.05) is 49.8 Å². The van der Waals surface area contributed by atoms with Gasteiger partial charge in [-0.05, 0) is 72.8 Å². The Hall–Kier alpha value is -2.60. The van der Waals surface area contributed by atoms with Gasteiger partial charge in [0.25, 0.3) is 0 Å². The van der Waals surface area contributed by atoms with E-state index in [1.807, 2.05) is 91.0 Å². The number of hydrogen-bond acceptors (Lipinski definition) is 3. The maximum absolute atomic E-state index is 5.92. The molecule has 162 valence electrons. The first-order valence-corrected chi connectivity index (χ1v) is 11.2. The van der Waals surface area contributed by atoms with Crippen LogP contribution in [-0.4, -0.2) is 34.7 Å². The van der Waals surface area contributed by atoms with E-state index in [0.717, 1.165) is 47.8 Å². The van der Waals surface area contributed by atoms with Crippen molar-refractivity contribution in [3.05, 3.63) is 125 Å². The van der Waals surface area contributed by atoms with Gasteiger partial charge in [-0.1, -0.05) is 53.0 Å². The van der Waals surface area contributed by atoms with Gasteiger partial charge >= 0.3 is 19.8 Å². The summed E-state index contributed by atoms with van der Waals surface area (Å²) in [6.45, 7) is 0. The Morgan fingerprint density at radius 2 is 0.676 bits per heavy atom. The molecular weight excluding hydrogens is 542 g/mol. The molecule has 0 fully saturated rings. The van der Waals surface area contributed by atoms with Crippen LogP contribution in [0.4, 0.5) is 0 Å². The number of pyridine rings is 3. The molecular formula is C27H18Cl3GaN3+3. The summed E-state index contributed by atoms with van der Waals surface area (Å²) in [6, 6.07) is 28.7. The van der Waals surface area contributed by atoms with Crippen LogP contribution < -0.4 is 0 Å². The van der Waals surface area contributed by atoms with Gasteiger partial charge in [0.1, 0.15) is 0 Å². The zero-order valence-corrected chi connectivity index (χ0v) is 22.6. The second-order valence-electron chi connectivity index (χ2n) is 6.93. The van der Waals surface area contributed by atoms with Crippen molar-refractivity contribution in [1.29, 1.82) is 0 Å². The van der Waals surface area contributed by atoms with E-state index in [-0.39, 0.29) is 19.8 Å². The molecule has 0 spiro atoms. The summed E-state index contributed by atoms with van der Waals surface area (Å²) in [5.74, 6) is 0. The second kappa shape index (κ2) is 12.7. The Bertz CT molecular complexity index is 1330. The van der Waals surface area contributed by atoms with Crippen LogP contribution in [0.3, 0.4) is 0 Å². The number of halogens is 3. The standard InChI is InChI=1S/3C9H6ClN.Ga/c3*10-8-4-1-5-9-7(8)3-2-6-11-9;/h3*1-6H;/q;;;+3. The first kappa shape index (κ1) is 26.0. The molecule has 0 N–H and O–H groups in total. The van der Waals surface area contributed by atoms with E-state index in [2.05, 4.69) is 15.0 Å². The van der Waals surface area contributed by atoms with Crippen molar-refractivity contribution in [2.75, 3.05) is 0 Å². The summed E-state index contributed by atoms with van der Waals surface area (Å²) in [5, 5.41) is 5.31. The van der Waals surface area contributed by atoms with E-state index in [1.54, 1.807) is 18.6 Å². The first-order chi connectivity index (χ1) is 16.1. The molecule has 0 radical (unpaired) electrons. The van der Waals surface area contributed by atoms with Gasteiger partial charge in [-0.3, -0.25) is 15.0 Å². The molecule has 34 heavy (non-hydrogen) atoms. The zero-order chi connectivity index (χ0) is 23.0. The fourth-order valence-electron chi connectivity index (χ4n) is 3.20. The van der Waals surface area contributed by atoms with E-state index in [9.17, 15) is 0 Å². The molecule has 0 amide bonds. The van der Waals surface area contributed by atoms with Crippen LogP contribution in [0.5, 0.6) is 0 Å². The number of rotatable bonds is 0. The van der Waals surface area contributed by atoms with E-state index >= 15 is 0 Å². The van der Waals surface area contributed by atoms with Crippen LogP contribution in [0.25, 0.3) is 32.7 Å². The summed E-state index contributed by atoms with van der Waals surface area (Å²) in [5.41, 5.74) is 2.83. The smallest absolute Gasteiger partial charge is 0.256 e. The number of fused-ring (bicyclic) bond motifs is 3. The van der Waals surface area contributed by atoms with Crippen LogP contribution >= 0.6 is 34.8 Å². The molecule has 0 aliphatic rings. The second-order valence-corrected chi connectivity index (χ2v) is 8.15. The van der Waals surface area contributed by atoms with E-state index in [1.165, 1.54) is 0 Å². The van der Waals surface area contributed by atoms with Gasteiger partial charge in [-0.15, -0.1) is 0 Å². The van der Waals surface area contributed by atoms with Gasteiger partial charge in [-0.2, -0.15) is 0 Å². The average Bonchev–Trinajstić information content (AvgIpc) is 2.86. The van der Waals surface area contributed by atoms with Crippen molar-refractivity contribution < 1.29 is 0 Å². The number of hydrogen-bond donors (Lipinski definition) is 0. The van der Waals surface area contributed by atoms with Crippen molar-refractivity contribution in [3.8, 4) is 0 Å². The van der Waals surface area contributed by atoms with Gasteiger partial charge in [-0.25, -0.2) is 0 Å². The van der Waals surface area contributed by atoms with Crippen molar-refractivity contribution in [1.82, 2.24) is 15.0 Å². The Morgan fingerprint density at radius 3 is 0.941 bits per heavy atom. The predicted octanol–water partition coefficient (Wildman–Crippen LogP) is 8.28. The molecule has 3 heterocycles. The SMILES string of the molecule is Clc1cccc2ncccc12.Clc1cccc2ncccc12.Clc1cccc2ncccc12.[Ga+3]. The first-order valence-electron chi connectivity index (χ1n) is 10.1. The molecule has 3 nitrogen and oxygen atoms in total. The molecule has 0 atom stereocenters. The summed E-state index contributed by atoms with van der Waals surface area (Å²) in [7, 11) is 0. The molecule has 7 heteroatoms.